The Morgan fingerprint density at radius 1 is 1.50 bits per heavy atom. The summed E-state index contributed by atoms with van der Waals surface area (Å²) < 4.78 is 5.41. The van der Waals surface area contributed by atoms with Gasteiger partial charge in [-0.05, 0) is 12.3 Å². The maximum atomic E-state index is 12.0. The summed E-state index contributed by atoms with van der Waals surface area (Å²) in [7, 11) is 0. The van der Waals surface area contributed by atoms with Crippen molar-refractivity contribution in [2.24, 2.45) is 11.7 Å². The van der Waals surface area contributed by atoms with Gasteiger partial charge in [0, 0.05) is 6.54 Å². The second kappa shape index (κ2) is 7.33. The minimum absolute atomic E-state index is 0.0185. The van der Waals surface area contributed by atoms with Crippen LogP contribution in [-0.4, -0.2) is 55.6 Å². The molecule has 2 amide bonds. The molecule has 3 N–H and O–H groups in total. The number of nitrogens with one attached hydrogen (secondary N) is 1. The topological polar surface area (TPSA) is 84.7 Å². The lowest BCUT2D eigenvalue weighted by Gasteiger charge is -2.36. The van der Waals surface area contributed by atoms with Crippen LogP contribution in [0.3, 0.4) is 0 Å². The summed E-state index contributed by atoms with van der Waals surface area (Å²) in [5.41, 5.74) is 5.17. The predicted molar refractivity (Wildman–Crippen MR) is 67.8 cm³/mol. The number of hydrogen-bond donors (Lipinski definition) is 2. The largest absolute Gasteiger partial charge is 0.377 e. The molecule has 18 heavy (non-hydrogen) atoms. The van der Waals surface area contributed by atoms with Crippen LogP contribution in [0.4, 0.5) is 0 Å². The molecule has 1 atom stereocenters. The molecule has 1 saturated heterocycles. The molecule has 0 aromatic rings. The average molecular weight is 257 g/mol. The van der Waals surface area contributed by atoms with Crippen LogP contribution in [0, 0.1) is 5.92 Å². The molecule has 104 valence electrons. The lowest BCUT2D eigenvalue weighted by molar-refractivity contribution is -0.140. The van der Waals surface area contributed by atoms with E-state index in [0.717, 1.165) is 6.42 Å². The van der Waals surface area contributed by atoms with Gasteiger partial charge in [0.2, 0.25) is 11.8 Å². The number of carbonyl (C=O) groups excluding carboxylic acids is 2. The van der Waals surface area contributed by atoms with Crippen LogP contribution in [0.15, 0.2) is 0 Å². The van der Waals surface area contributed by atoms with Crippen molar-refractivity contribution in [2.45, 2.75) is 26.3 Å². The van der Waals surface area contributed by atoms with Crippen LogP contribution in [0.1, 0.15) is 20.3 Å². The summed E-state index contributed by atoms with van der Waals surface area (Å²) in [5.74, 6) is 0.133. The van der Waals surface area contributed by atoms with Crippen molar-refractivity contribution < 1.29 is 14.3 Å². The third-order valence-electron chi connectivity index (χ3n) is 2.91. The van der Waals surface area contributed by atoms with E-state index in [-0.39, 0.29) is 30.9 Å². The van der Waals surface area contributed by atoms with Gasteiger partial charge < -0.3 is 20.7 Å². The zero-order valence-corrected chi connectivity index (χ0v) is 11.1. The molecule has 0 spiro atoms. The third kappa shape index (κ3) is 4.62. The van der Waals surface area contributed by atoms with Crippen molar-refractivity contribution in [1.82, 2.24) is 10.2 Å². The zero-order chi connectivity index (χ0) is 13.5. The third-order valence-corrected chi connectivity index (χ3v) is 2.91. The Labute approximate surface area is 108 Å². The number of amides is 2. The molecular weight excluding hydrogens is 234 g/mol. The van der Waals surface area contributed by atoms with E-state index in [1.807, 2.05) is 0 Å². The fourth-order valence-corrected chi connectivity index (χ4v) is 2.07. The van der Waals surface area contributed by atoms with Crippen LogP contribution in [0.25, 0.3) is 0 Å². The van der Waals surface area contributed by atoms with Gasteiger partial charge in [0.1, 0.15) is 0 Å². The highest BCUT2D eigenvalue weighted by atomic mass is 16.5. The van der Waals surface area contributed by atoms with Crippen LogP contribution >= 0.6 is 0 Å². The summed E-state index contributed by atoms with van der Waals surface area (Å²) in [6, 6.07) is 0.112. The first-order chi connectivity index (χ1) is 8.54. The van der Waals surface area contributed by atoms with E-state index in [1.54, 1.807) is 4.90 Å². The Morgan fingerprint density at radius 2 is 2.22 bits per heavy atom. The van der Waals surface area contributed by atoms with Gasteiger partial charge in [-0.1, -0.05) is 13.8 Å². The van der Waals surface area contributed by atoms with Crippen LogP contribution in [0.2, 0.25) is 0 Å². The summed E-state index contributed by atoms with van der Waals surface area (Å²) in [6.07, 6.45) is 0.913. The van der Waals surface area contributed by atoms with Gasteiger partial charge in [0.15, 0.2) is 0 Å². The molecule has 0 aliphatic carbocycles. The van der Waals surface area contributed by atoms with Crippen LogP contribution in [-0.2, 0) is 14.3 Å². The van der Waals surface area contributed by atoms with E-state index in [0.29, 0.717) is 25.7 Å². The number of carbonyl (C=O) groups is 2. The first kappa shape index (κ1) is 14.9. The minimum atomic E-state index is -0.308. The highest BCUT2D eigenvalue weighted by Gasteiger charge is 2.27. The molecule has 1 aliphatic heterocycles. The summed E-state index contributed by atoms with van der Waals surface area (Å²) in [5, 5.41) is 2.51. The second-order valence-electron chi connectivity index (χ2n) is 4.93. The Bertz CT molecular complexity index is 294. The van der Waals surface area contributed by atoms with Crippen molar-refractivity contribution in [3.63, 3.8) is 0 Å². The minimum Gasteiger partial charge on any atom is -0.377 e. The smallest absolute Gasteiger partial charge is 0.242 e. The summed E-state index contributed by atoms with van der Waals surface area (Å²) >= 11 is 0. The zero-order valence-electron chi connectivity index (χ0n) is 11.1. The first-order valence-corrected chi connectivity index (χ1v) is 6.38. The van der Waals surface area contributed by atoms with Gasteiger partial charge in [-0.15, -0.1) is 0 Å². The maximum absolute atomic E-state index is 12.0. The lowest BCUT2D eigenvalue weighted by Crippen LogP contribution is -2.52. The molecule has 1 aliphatic rings. The van der Waals surface area contributed by atoms with E-state index in [2.05, 4.69) is 19.2 Å². The van der Waals surface area contributed by atoms with Crippen molar-refractivity contribution in [3.05, 3.63) is 0 Å². The molecule has 0 aromatic carbocycles. The van der Waals surface area contributed by atoms with Gasteiger partial charge >= 0.3 is 0 Å². The van der Waals surface area contributed by atoms with Crippen LogP contribution < -0.4 is 11.1 Å². The van der Waals surface area contributed by atoms with Crippen LogP contribution in [0.5, 0.6) is 0 Å². The van der Waals surface area contributed by atoms with E-state index in [9.17, 15) is 9.59 Å². The van der Waals surface area contributed by atoms with Gasteiger partial charge in [-0.3, -0.25) is 9.59 Å². The Balaban J connectivity index is 2.49. The highest BCUT2D eigenvalue weighted by molar-refractivity contribution is 5.85. The Kier molecular flexibility index (Phi) is 6.07. The van der Waals surface area contributed by atoms with Gasteiger partial charge in [-0.2, -0.15) is 0 Å². The molecule has 1 rings (SSSR count). The molecule has 0 radical (unpaired) electrons. The molecule has 0 saturated carbocycles. The van der Waals surface area contributed by atoms with Gasteiger partial charge in [-0.25, -0.2) is 0 Å². The molecule has 1 fully saturated rings. The molecule has 6 heteroatoms. The fraction of sp³-hybridized carbons (Fsp3) is 0.833. The van der Waals surface area contributed by atoms with Crippen molar-refractivity contribution >= 4 is 11.8 Å². The number of nitrogens with zero attached hydrogens (tertiary/aromatic N) is 1. The molecular formula is C12H23N3O3. The Morgan fingerprint density at radius 3 is 2.83 bits per heavy atom. The van der Waals surface area contributed by atoms with E-state index < -0.39 is 0 Å². The fourth-order valence-electron chi connectivity index (χ4n) is 2.07. The predicted octanol–water partition coefficient (Wildman–Crippen LogP) is -0.665. The lowest BCUT2D eigenvalue weighted by atomic mass is 10.0. The summed E-state index contributed by atoms with van der Waals surface area (Å²) in [4.78, 5) is 24.9. The standard InChI is InChI=1S/C12H23N3O3/c1-9(2)5-10-8-18-4-3-15(10)12(17)7-14-11(16)6-13/h9-10H,3-8,13H2,1-2H3,(H,14,16). The molecule has 6 nitrogen and oxygen atoms in total. The van der Waals surface area contributed by atoms with Gasteiger partial charge in [0.05, 0.1) is 32.3 Å². The van der Waals surface area contributed by atoms with E-state index in [1.165, 1.54) is 0 Å². The molecule has 0 bridgehead atoms. The van der Waals surface area contributed by atoms with E-state index >= 15 is 0 Å². The number of rotatable bonds is 5. The number of nitrogens with two attached hydrogens (primary N) is 1. The first-order valence-electron chi connectivity index (χ1n) is 6.38. The monoisotopic (exact) mass is 257 g/mol. The average Bonchev–Trinajstić information content (AvgIpc) is 2.35. The van der Waals surface area contributed by atoms with E-state index in [4.69, 9.17) is 10.5 Å². The van der Waals surface area contributed by atoms with Crippen molar-refractivity contribution in [3.8, 4) is 0 Å². The second-order valence-corrected chi connectivity index (χ2v) is 4.93. The Hall–Kier alpha value is -1.14. The number of hydrogen-bond acceptors (Lipinski definition) is 4. The normalized spacial score (nSPS) is 20.0. The molecule has 1 unspecified atom stereocenters. The van der Waals surface area contributed by atoms with Gasteiger partial charge in [0.25, 0.3) is 0 Å². The number of ether oxygens (including phenoxy) is 1. The summed E-state index contributed by atoms with van der Waals surface area (Å²) in [6.45, 7) is 5.89. The quantitative estimate of drug-likeness (QED) is 0.684. The van der Waals surface area contributed by atoms with Crippen molar-refractivity contribution in [2.75, 3.05) is 32.8 Å². The SMILES string of the molecule is CC(C)CC1COCCN1C(=O)CNC(=O)CN. The molecule has 1 heterocycles. The highest BCUT2D eigenvalue weighted by Crippen LogP contribution is 2.15. The van der Waals surface area contributed by atoms with Crippen molar-refractivity contribution in [1.29, 1.82) is 0 Å². The maximum Gasteiger partial charge on any atom is 0.242 e. The number of morpholine rings is 1. The molecule has 0 aromatic heterocycles.